The van der Waals surface area contributed by atoms with Crippen LogP contribution in [0.15, 0.2) is 0 Å². The number of hydrogen-bond acceptors (Lipinski definition) is 3. The molecule has 4 heteroatoms. The molecular weight excluding hydrogens is 151 g/mol. The second kappa shape index (κ2) is 7.13. The third-order valence-corrected chi connectivity index (χ3v) is 1.38. The van der Waals surface area contributed by atoms with Crippen molar-refractivity contribution in [2.75, 3.05) is 19.4 Å². The van der Waals surface area contributed by atoms with Gasteiger partial charge in [-0.2, -0.15) is 0 Å². The van der Waals surface area contributed by atoms with E-state index in [-0.39, 0.29) is 14.8 Å². The van der Waals surface area contributed by atoms with Gasteiger partial charge in [0.15, 0.2) is 14.8 Å². The minimum atomic E-state index is -0.297. The van der Waals surface area contributed by atoms with E-state index in [9.17, 15) is 4.57 Å². The monoisotopic (exact) mass is 164 g/mol. The van der Waals surface area contributed by atoms with Crippen LogP contribution >= 0.6 is 8.46 Å². The molecule has 0 aliphatic carbocycles. The van der Waals surface area contributed by atoms with Crippen LogP contribution in [0.4, 0.5) is 0 Å². The first-order valence-electron chi connectivity index (χ1n) is 3.37. The number of ether oxygens (including phenoxy) is 2. The summed E-state index contributed by atoms with van der Waals surface area (Å²) in [6, 6.07) is 0. The molecule has 0 amide bonds. The van der Waals surface area contributed by atoms with Gasteiger partial charge in [-0.15, -0.1) is 0 Å². The topological polar surface area (TPSA) is 35.5 Å². The van der Waals surface area contributed by atoms with Gasteiger partial charge in [0.05, 0.1) is 6.16 Å². The first kappa shape index (κ1) is 10.0. The average molecular weight is 164 g/mol. The Labute approximate surface area is 62.9 Å². The van der Waals surface area contributed by atoms with Crippen molar-refractivity contribution in [3.8, 4) is 0 Å². The van der Waals surface area contributed by atoms with Gasteiger partial charge >= 0.3 is 0 Å². The molecule has 0 heterocycles. The molecule has 0 bridgehead atoms. The van der Waals surface area contributed by atoms with Crippen molar-refractivity contribution in [2.45, 2.75) is 20.1 Å². The van der Waals surface area contributed by atoms with E-state index in [1.54, 1.807) is 0 Å². The third-order valence-electron chi connectivity index (χ3n) is 0.929. The molecule has 0 aromatic heterocycles. The Bertz CT molecular complexity index is 81.1. The maximum absolute atomic E-state index is 10.1. The predicted molar refractivity (Wildman–Crippen MR) is 39.5 cm³/mol. The van der Waals surface area contributed by atoms with Crippen LogP contribution in [0.3, 0.4) is 0 Å². The lowest BCUT2D eigenvalue weighted by Crippen LogP contribution is -2.18. The zero-order valence-corrected chi connectivity index (χ0v) is 7.27. The Kier molecular flexibility index (Phi) is 7.15. The van der Waals surface area contributed by atoms with Crippen molar-refractivity contribution in [3.63, 3.8) is 0 Å². The fraction of sp³-hybridized carbons (Fsp3) is 1.00. The zero-order chi connectivity index (χ0) is 7.82. The van der Waals surface area contributed by atoms with Gasteiger partial charge in [-0.05, 0) is 13.8 Å². The molecule has 0 saturated carbocycles. The lowest BCUT2D eigenvalue weighted by Gasteiger charge is -2.12. The maximum atomic E-state index is 10.1. The van der Waals surface area contributed by atoms with E-state index in [0.717, 1.165) is 0 Å². The zero-order valence-electron chi connectivity index (χ0n) is 6.37. The first-order valence-corrected chi connectivity index (χ1v) is 4.37. The SMILES string of the molecule is CCOC(CP=O)OCC. The van der Waals surface area contributed by atoms with Crippen LogP contribution in [0.1, 0.15) is 13.8 Å². The normalized spacial score (nSPS) is 11.1. The van der Waals surface area contributed by atoms with Gasteiger partial charge < -0.3 is 9.47 Å². The van der Waals surface area contributed by atoms with Crippen molar-refractivity contribution < 1.29 is 14.0 Å². The maximum Gasteiger partial charge on any atom is 0.168 e. The first-order chi connectivity index (χ1) is 4.85. The van der Waals surface area contributed by atoms with Gasteiger partial charge in [0.25, 0.3) is 0 Å². The van der Waals surface area contributed by atoms with Gasteiger partial charge in [-0.25, -0.2) is 0 Å². The molecule has 0 unspecified atom stereocenters. The third kappa shape index (κ3) is 4.86. The van der Waals surface area contributed by atoms with Crippen molar-refractivity contribution >= 4 is 8.46 Å². The van der Waals surface area contributed by atoms with E-state index in [1.807, 2.05) is 13.8 Å². The van der Waals surface area contributed by atoms with E-state index in [1.165, 1.54) is 0 Å². The Morgan fingerprint density at radius 1 is 1.30 bits per heavy atom. The average Bonchev–Trinajstić information content (AvgIpc) is 1.90. The number of hydrogen-bond donors (Lipinski definition) is 0. The van der Waals surface area contributed by atoms with E-state index in [4.69, 9.17) is 9.47 Å². The van der Waals surface area contributed by atoms with Crippen LogP contribution in [0, 0.1) is 0 Å². The highest BCUT2D eigenvalue weighted by Crippen LogP contribution is 2.02. The highest BCUT2D eigenvalue weighted by molar-refractivity contribution is 7.23. The lowest BCUT2D eigenvalue weighted by molar-refractivity contribution is -0.120. The molecule has 60 valence electrons. The lowest BCUT2D eigenvalue weighted by atomic mass is 10.7. The fourth-order valence-electron chi connectivity index (χ4n) is 0.586. The van der Waals surface area contributed by atoms with Gasteiger partial charge in [0.1, 0.15) is 0 Å². The fourth-order valence-corrected chi connectivity index (χ4v) is 0.919. The molecule has 0 aliphatic rings. The molecule has 0 aromatic rings. The Hall–Kier alpha value is 0.0200. The molecule has 0 atom stereocenters. The smallest absolute Gasteiger partial charge is 0.168 e. The summed E-state index contributed by atoms with van der Waals surface area (Å²) < 4.78 is 20.3. The van der Waals surface area contributed by atoms with Crippen LogP contribution < -0.4 is 0 Å². The van der Waals surface area contributed by atoms with Crippen LogP contribution in [-0.4, -0.2) is 25.7 Å². The van der Waals surface area contributed by atoms with Crippen LogP contribution in [0.2, 0.25) is 0 Å². The van der Waals surface area contributed by atoms with Crippen molar-refractivity contribution in [1.29, 1.82) is 0 Å². The molecule has 0 spiro atoms. The summed E-state index contributed by atoms with van der Waals surface area (Å²) in [6.45, 7) is 4.96. The summed E-state index contributed by atoms with van der Waals surface area (Å²) in [7, 11) is 0.0737. The minimum absolute atomic E-state index is 0.0737. The van der Waals surface area contributed by atoms with Crippen LogP contribution in [0.5, 0.6) is 0 Å². The Balaban J connectivity index is 3.38. The van der Waals surface area contributed by atoms with Gasteiger partial charge in [-0.1, -0.05) is 0 Å². The van der Waals surface area contributed by atoms with Crippen molar-refractivity contribution in [1.82, 2.24) is 0 Å². The second-order valence-corrected chi connectivity index (χ2v) is 2.28. The van der Waals surface area contributed by atoms with Gasteiger partial charge in [-0.3, -0.25) is 4.57 Å². The molecule has 0 aromatic carbocycles. The van der Waals surface area contributed by atoms with Crippen LogP contribution in [-0.2, 0) is 14.0 Å². The Morgan fingerprint density at radius 2 is 1.80 bits per heavy atom. The van der Waals surface area contributed by atoms with E-state index < -0.39 is 0 Å². The van der Waals surface area contributed by atoms with E-state index >= 15 is 0 Å². The molecule has 0 radical (unpaired) electrons. The van der Waals surface area contributed by atoms with E-state index in [0.29, 0.717) is 19.4 Å². The standard InChI is InChI=1S/C6H13O3P/c1-3-8-6(5-10-7)9-4-2/h6H,3-5H2,1-2H3. The van der Waals surface area contributed by atoms with Crippen LogP contribution in [0.25, 0.3) is 0 Å². The van der Waals surface area contributed by atoms with E-state index in [2.05, 4.69) is 0 Å². The van der Waals surface area contributed by atoms with Gasteiger partial charge in [0.2, 0.25) is 0 Å². The minimum Gasteiger partial charge on any atom is -0.352 e. The van der Waals surface area contributed by atoms with Crippen molar-refractivity contribution in [3.05, 3.63) is 0 Å². The molecule has 0 aliphatic heterocycles. The molecule has 0 saturated heterocycles. The number of rotatable bonds is 6. The quantitative estimate of drug-likeness (QED) is 0.442. The summed E-state index contributed by atoms with van der Waals surface area (Å²) in [6.07, 6.45) is 0.121. The Morgan fingerprint density at radius 3 is 2.10 bits per heavy atom. The summed E-state index contributed by atoms with van der Waals surface area (Å²) >= 11 is 0. The highest BCUT2D eigenvalue weighted by atomic mass is 31.1. The largest absolute Gasteiger partial charge is 0.352 e. The molecule has 0 N–H and O–H groups in total. The summed E-state index contributed by atoms with van der Waals surface area (Å²) in [4.78, 5) is 0. The summed E-state index contributed by atoms with van der Waals surface area (Å²) in [5.74, 6) is 0. The molecule has 10 heavy (non-hydrogen) atoms. The highest BCUT2D eigenvalue weighted by Gasteiger charge is 2.05. The molecule has 3 nitrogen and oxygen atoms in total. The molecule has 0 rings (SSSR count). The van der Waals surface area contributed by atoms with Gasteiger partial charge in [0, 0.05) is 13.2 Å². The summed E-state index contributed by atoms with van der Waals surface area (Å²) in [5.41, 5.74) is 0. The van der Waals surface area contributed by atoms with Crippen molar-refractivity contribution in [2.24, 2.45) is 0 Å². The second-order valence-electron chi connectivity index (χ2n) is 1.65. The predicted octanol–water partition coefficient (Wildman–Crippen LogP) is 1.68. The summed E-state index contributed by atoms with van der Waals surface area (Å²) in [5, 5.41) is 0. The molecular formula is C6H13O3P. The molecule has 0 fully saturated rings.